The summed E-state index contributed by atoms with van der Waals surface area (Å²) in [6, 6.07) is 5.30. The van der Waals surface area contributed by atoms with E-state index in [0.29, 0.717) is 23.4 Å². The molecular formula is C12H12N4O. The van der Waals surface area contributed by atoms with Crippen molar-refractivity contribution >= 4 is 11.7 Å². The van der Waals surface area contributed by atoms with Crippen LogP contribution in [0.25, 0.3) is 0 Å². The molecule has 1 amide bonds. The summed E-state index contributed by atoms with van der Waals surface area (Å²) in [5.41, 5.74) is 13.1. The van der Waals surface area contributed by atoms with E-state index < -0.39 is 5.91 Å². The topological polar surface area (TPSA) is 94.9 Å². The predicted octanol–water partition coefficient (Wildman–Crippen LogP) is 0.748. The molecule has 0 fully saturated rings. The maximum absolute atomic E-state index is 11.3. The van der Waals surface area contributed by atoms with E-state index >= 15 is 0 Å². The van der Waals surface area contributed by atoms with Gasteiger partial charge in [0.1, 0.15) is 5.82 Å². The number of rotatable bonds is 3. The van der Waals surface area contributed by atoms with Crippen molar-refractivity contribution in [3.8, 4) is 0 Å². The number of hydrogen-bond acceptors (Lipinski definition) is 4. The smallest absolute Gasteiger partial charge is 0.249 e. The molecule has 0 saturated carbocycles. The number of anilines is 1. The number of amides is 1. The first kappa shape index (κ1) is 11.1. The van der Waals surface area contributed by atoms with Gasteiger partial charge in [-0.3, -0.25) is 9.78 Å². The number of nitrogen functional groups attached to an aromatic ring is 1. The minimum atomic E-state index is -0.497. The van der Waals surface area contributed by atoms with Gasteiger partial charge in [-0.25, -0.2) is 4.98 Å². The number of hydrogen-bond donors (Lipinski definition) is 2. The highest BCUT2D eigenvalue weighted by Gasteiger charge is 2.12. The van der Waals surface area contributed by atoms with E-state index in [0.717, 1.165) is 5.56 Å². The fourth-order valence-corrected chi connectivity index (χ4v) is 1.63. The Balaban J connectivity index is 2.41. The normalized spacial score (nSPS) is 10.1. The molecule has 0 aliphatic carbocycles. The van der Waals surface area contributed by atoms with Crippen LogP contribution in [0.5, 0.6) is 0 Å². The van der Waals surface area contributed by atoms with Crippen molar-refractivity contribution < 1.29 is 4.79 Å². The van der Waals surface area contributed by atoms with Gasteiger partial charge in [-0.2, -0.15) is 0 Å². The van der Waals surface area contributed by atoms with Gasteiger partial charge < -0.3 is 11.5 Å². The predicted molar refractivity (Wildman–Crippen MR) is 64.2 cm³/mol. The minimum absolute atomic E-state index is 0.332. The van der Waals surface area contributed by atoms with E-state index in [-0.39, 0.29) is 0 Å². The van der Waals surface area contributed by atoms with Crippen LogP contribution in [0.4, 0.5) is 5.82 Å². The molecule has 86 valence electrons. The zero-order chi connectivity index (χ0) is 12.3. The zero-order valence-electron chi connectivity index (χ0n) is 9.13. The first-order valence-electron chi connectivity index (χ1n) is 5.10. The van der Waals surface area contributed by atoms with Gasteiger partial charge in [0.05, 0.1) is 0 Å². The molecule has 0 saturated heterocycles. The number of pyridine rings is 2. The summed E-state index contributed by atoms with van der Waals surface area (Å²) in [6.45, 7) is 0. The second-order valence-electron chi connectivity index (χ2n) is 3.62. The SMILES string of the molecule is NC(=O)c1ccnc(N)c1Cc1ccncc1. The average Bonchev–Trinajstić information content (AvgIpc) is 2.33. The Kier molecular flexibility index (Phi) is 3.00. The third kappa shape index (κ3) is 2.39. The van der Waals surface area contributed by atoms with E-state index in [4.69, 9.17) is 11.5 Å². The summed E-state index contributed by atoms with van der Waals surface area (Å²) < 4.78 is 0. The zero-order valence-corrected chi connectivity index (χ0v) is 9.13. The molecule has 2 rings (SSSR count). The third-order valence-corrected chi connectivity index (χ3v) is 2.48. The molecular weight excluding hydrogens is 216 g/mol. The number of carbonyl (C=O) groups is 1. The number of carbonyl (C=O) groups excluding carboxylic acids is 1. The molecule has 2 aromatic heterocycles. The summed E-state index contributed by atoms with van der Waals surface area (Å²) in [7, 11) is 0. The van der Waals surface area contributed by atoms with Crippen LogP contribution < -0.4 is 11.5 Å². The fourth-order valence-electron chi connectivity index (χ4n) is 1.63. The Morgan fingerprint density at radius 1 is 1.18 bits per heavy atom. The molecule has 4 N–H and O–H groups in total. The molecule has 17 heavy (non-hydrogen) atoms. The van der Waals surface area contributed by atoms with Crippen molar-refractivity contribution in [1.29, 1.82) is 0 Å². The Morgan fingerprint density at radius 3 is 2.53 bits per heavy atom. The monoisotopic (exact) mass is 228 g/mol. The Labute approximate surface area is 98.5 Å². The highest BCUT2D eigenvalue weighted by Crippen LogP contribution is 2.18. The van der Waals surface area contributed by atoms with Crippen LogP contribution in [-0.4, -0.2) is 15.9 Å². The molecule has 0 bridgehead atoms. The minimum Gasteiger partial charge on any atom is -0.383 e. The van der Waals surface area contributed by atoms with Crippen molar-refractivity contribution in [3.05, 3.63) is 53.5 Å². The molecule has 0 unspecified atom stereocenters. The second kappa shape index (κ2) is 4.61. The van der Waals surface area contributed by atoms with Gasteiger partial charge in [-0.15, -0.1) is 0 Å². The largest absolute Gasteiger partial charge is 0.383 e. The molecule has 0 atom stereocenters. The summed E-state index contributed by atoms with van der Waals surface area (Å²) in [5, 5.41) is 0. The lowest BCUT2D eigenvalue weighted by atomic mass is 10.0. The Morgan fingerprint density at radius 2 is 1.88 bits per heavy atom. The highest BCUT2D eigenvalue weighted by atomic mass is 16.1. The Hall–Kier alpha value is -2.43. The first-order valence-corrected chi connectivity index (χ1v) is 5.10. The van der Waals surface area contributed by atoms with Crippen LogP contribution in [0, 0.1) is 0 Å². The maximum Gasteiger partial charge on any atom is 0.249 e. The van der Waals surface area contributed by atoms with Crippen LogP contribution in [0.3, 0.4) is 0 Å². The molecule has 0 aliphatic rings. The standard InChI is InChI=1S/C12H12N4O/c13-11-10(7-8-1-4-15-5-2-8)9(12(14)17)3-6-16-11/h1-6H,7H2,(H2,13,16)(H2,14,17). The van der Waals surface area contributed by atoms with Gasteiger partial charge in [0.25, 0.3) is 0 Å². The van der Waals surface area contributed by atoms with Crippen molar-refractivity contribution in [3.63, 3.8) is 0 Å². The summed E-state index contributed by atoms with van der Waals surface area (Å²) in [6.07, 6.45) is 5.36. The van der Waals surface area contributed by atoms with Crippen molar-refractivity contribution in [2.24, 2.45) is 5.73 Å². The third-order valence-electron chi connectivity index (χ3n) is 2.48. The Bertz CT molecular complexity index is 539. The van der Waals surface area contributed by atoms with Crippen LogP contribution in [0.1, 0.15) is 21.5 Å². The summed E-state index contributed by atoms with van der Waals surface area (Å²) in [5.74, 6) is -0.165. The number of nitrogens with two attached hydrogens (primary N) is 2. The van der Waals surface area contributed by atoms with Gasteiger partial charge in [-0.05, 0) is 23.8 Å². The second-order valence-corrected chi connectivity index (χ2v) is 3.62. The summed E-state index contributed by atoms with van der Waals surface area (Å²) in [4.78, 5) is 19.2. The van der Waals surface area contributed by atoms with Crippen LogP contribution in [-0.2, 0) is 6.42 Å². The van der Waals surface area contributed by atoms with E-state index in [2.05, 4.69) is 9.97 Å². The first-order chi connectivity index (χ1) is 8.18. The van der Waals surface area contributed by atoms with Gasteiger partial charge in [-0.1, -0.05) is 0 Å². The molecule has 5 heteroatoms. The van der Waals surface area contributed by atoms with Crippen LogP contribution >= 0.6 is 0 Å². The van der Waals surface area contributed by atoms with Gasteiger partial charge in [0, 0.05) is 36.1 Å². The lowest BCUT2D eigenvalue weighted by Gasteiger charge is -2.08. The van der Waals surface area contributed by atoms with Crippen molar-refractivity contribution in [2.75, 3.05) is 5.73 Å². The van der Waals surface area contributed by atoms with E-state index in [1.165, 1.54) is 6.20 Å². The van der Waals surface area contributed by atoms with E-state index in [9.17, 15) is 4.79 Å². The fraction of sp³-hybridized carbons (Fsp3) is 0.0833. The van der Waals surface area contributed by atoms with E-state index in [1.54, 1.807) is 18.5 Å². The molecule has 0 aromatic carbocycles. The van der Waals surface area contributed by atoms with Crippen LogP contribution in [0.15, 0.2) is 36.8 Å². The van der Waals surface area contributed by atoms with Crippen molar-refractivity contribution in [1.82, 2.24) is 9.97 Å². The molecule has 5 nitrogen and oxygen atoms in total. The average molecular weight is 228 g/mol. The van der Waals surface area contributed by atoms with Crippen molar-refractivity contribution in [2.45, 2.75) is 6.42 Å². The van der Waals surface area contributed by atoms with Gasteiger partial charge in [0.15, 0.2) is 0 Å². The number of aromatic nitrogens is 2. The highest BCUT2D eigenvalue weighted by molar-refractivity contribution is 5.95. The quantitative estimate of drug-likeness (QED) is 0.810. The van der Waals surface area contributed by atoms with E-state index in [1.807, 2.05) is 12.1 Å². The number of nitrogens with zero attached hydrogens (tertiary/aromatic N) is 2. The number of primary amides is 1. The van der Waals surface area contributed by atoms with Crippen LogP contribution in [0.2, 0.25) is 0 Å². The molecule has 0 spiro atoms. The molecule has 0 radical (unpaired) electrons. The molecule has 2 aromatic rings. The van der Waals surface area contributed by atoms with Gasteiger partial charge in [0.2, 0.25) is 5.91 Å². The lowest BCUT2D eigenvalue weighted by Crippen LogP contribution is -2.16. The lowest BCUT2D eigenvalue weighted by molar-refractivity contribution is 0.0999. The maximum atomic E-state index is 11.3. The summed E-state index contributed by atoms with van der Waals surface area (Å²) >= 11 is 0. The van der Waals surface area contributed by atoms with Gasteiger partial charge >= 0.3 is 0 Å². The molecule has 2 heterocycles. The molecule has 0 aliphatic heterocycles.